The number of nitrogens with one attached hydrogen (secondary N) is 1. The molecule has 0 aliphatic carbocycles. The summed E-state index contributed by atoms with van der Waals surface area (Å²) in [6, 6.07) is 9.95. The summed E-state index contributed by atoms with van der Waals surface area (Å²) in [4.78, 5) is 12.8. The van der Waals surface area contributed by atoms with Crippen LogP contribution in [0.15, 0.2) is 41.3 Å². The monoisotopic (exact) mass is 388 g/mol. The molecule has 1 aliphatic heterocycles. The minimum absolute atomic E-state index is 0.101. The van der Waals surface area contributed by atoms with Crippen LogP contribution in [0.5, 0.6) is 11.5 Å². The van der Waals surface area contributed by atoms with E-state index in [0.29, 0.717) is 30.3 Å². The van der Waals surface area contributed by atoms with Crippen LogP contribution in [0, 0.1) is 6.92 Å². The first-order valence-corrected chi connectivity index (χ1v) is 10.5. The molecule has 0 spiro atoms. The van der Waals surface area contributed by atoms with Gasteiger partial charge in [0.05, 0.1) is 16.1 Å². The first kappa shape index (κ1) is 19.4. The summed E-state index contributed by atoms with van der Waals surface area (Å²) < 4.78 is 33.3. The zero-order chi connectivity index (χ0) is 19.6. The van der Waals surface area contributed by atoms with Crippen molar-refractivity contribution < 1.29 is 17.9 Å². The third-order valence-corrected chi connectivity index (χ3v) is 6.28. The second-order valence-electron chi connectivity index (χ2n) is 6.62. The Balaban J connectivity index is 2.01. The van der Waals surface area contributed by atoms with Gasteiger partial charge in [-0.25, -0.2) is 8.42 Å². The highest BCUT2D eigenvalue weighted by atomic mass is 32.2. The number of amides is 1. The lowest BCUT2D eigenvalue weighted by atomic mass is 10.2. The maximum Gasteiger partial charge on any atom is 0.259 e. The molecule has 0 saturated carbocycles. The van der Waals surface area contributed by atoms with Gasteiger partial charge in [-0.15, -0.1) is 0 Å². The van der Waals surface area contributed by atoms with Gasteiger partial charge < -0.3 is 10.1 Å². The Labute approximate surface area is 160 Å². The molecule has 0 bridgehead atoms. The number of carbonyl (C=O) groups excluding carboxylic acids is 1. The van der Waals surface area contributed by atoms with E-state index in [9.17, 15) is 13.2 Å². The SMILES string of the molecule is CCCN(CCC)S(=O)(=O)c1ccc2c(c1)C(=O)Nc1cc(C)ccc1O2. The van der Waals surface area contributed by atoms with Crippen molar-refractivity contribution in [2.24, 2.45) is 0 Å². The fraction of sp³-hybridized carbons (Fsp3) is 0.350. The van der Waals surface area contributed by atoms with Gasteiger partial charge in [-0.05, 0) is 55.7 Å². The Morgan fingerprint density at radius 3 is 2.33 bits per heavy atom. The number of fused-ring (bicyclic) bond motifs is 2. The first-order valence-electron chi connectivity index (χ1n) is 9.11. The normalized spacial score (nSPS) is 13.4. The lowest BCUT2D eigenvalue weighted by molar-refractivity contribution is 0.102. The van der Waals surface area contributed by atoms with E-state index in [0.717, 1.165) is 18.4 Å². The zero-order valence-electron chi connectivity index (χ0n) is 15.8. The summed E-state index contributed by atoms with van der Waals surface area (Å²) in [6.45, 7) is 6.69. The van der Waals surface area contributed by atoms with Gasteiger partial charge >= 0.3 is 0 Å². The summed E-state index contributed by atoms with van der Waals surface area (Å²) in [5.74, 6) is 0.484. The Bertz CT molecular complexity index is 964. The highest BCUT2D eigenvalue weighted by Crippen LogP contribution is 2.37. The smallest absolute Gasteiger partial charge is 0.259 e. The number of carbonyl (C=O) groups is 1. The maximum atomic E-state index is 13.0. The molecule has 6 nitrogen and oxygen atoms in total. The molecule has 0 aromatic heterocycles. The van der Waals surface area contributed by atoms with E-state index >= 15 is 0 Å². The highest BCUT2D eigenvalue weighted by Gasteiger charge is 2.27. The van der Waals surface area contributed by atoms with Crippen LogP contribution >= 0.6 is 0 Å². The number of aryl methyl sites for hydroxylation is 1. The Hall–Kier alpha value is -2.38. The van der Waals surface area contributed by atoms with Crippen molar-refractivity contribution in [3.05, 3.63) is 47.5 Å². The van der Waals surface area contributed by atoms with E-state index in [1.807, 2.05) is 32.9 Å². The van der Waals surface area contributed by atoms with Crippen LogP contribution in [0.2, 0.25) is 0 Å². The molecule has 0 atom stereocenters. The predicted octanol–water partition coefficient (Wildman–Crippen LogP) is 4.16. The van der Waals surface area contributed by atoms with Crippen molar-refractivity contribution in [1.82, 2.24) is 4.31 Å². The molecule has 1 amide bonds. The molecule has 0 saturated heterocycles. The number of hydrogen-bond acceptors (Lipinski definition) is 4. The van der Waals surface area contributed by atoms with Gasteiger partial charge in [0.1, 0.15) is 5.75 Å². The number of sulfonamides is 1. The number of nitrogens with zero attached hydrogens (tertiary/aromatic N) is 1. The summed E-state index contributed by atoms with van der Waals surface area (Å²) in [5, 5.41) is 2.81. The zero-order valence-corrected chi connectivity index (χ0v) is 16.6. The van der Waals surface area contributed by atoms with Gasteiger partial charge in [-0.1, -0.05) is 19.9 Å². The molecule has 7 heteroatoms. The third-order valence-electron chi connectivity index (χ3n) is 4.38. The molecule has 144 valence electrons. The molecular formula is C20H24N2O4S. The number of ether oxygens (including phenoxy) is 1. The molecule has 1 aliphatic rings. The number of benzene rings is 2. The van der Waals surface area contributed by atoms with Gasteiger partial charge in [-0.2, -0.15) is 4.31 Å². The second-order valence-corrected chi connectivity index (χ2v) is 8.56. The number of anilines is 1. The quantitative estimate of drug-likeness (QED) is 0.806. The summed E-state index contributed by atoms with van der Waals surface area (Å²) in [6.07, 6.45) is 1.45. The molecule has 0 unspecified atom stereocenters. The molecule has 0 radical (unpaired) electrons. The topological polar surface area (TPSA) is 75.7 Å². The Morgan fingerprint density at radius 2 is 1.67 bits per heavy atom. The minimum Gasteiger partial charge on any atom is -0.454 e. The number of hydrogen-bond donors (Lipinski definition) is 1. The fourth-order valence-corrected chi connectivity index (χ4v) is 4.73. The lowest BCUT2D eigenvalue weighted by Crippen LogP contribution is -2.32. The van der Waals surface area contributed by atoms with Crippen LogP contribution in [0.3, 0.4) is 0 Å². The maximum absolute atomic E-state index is 13.0. The number of rotatable bonds is 6. The first-order chi connectivity index (χ1) is 12.9. The molecule has 2 aromatic carbocycles. The minimum atomic E-state index is -3.67. The van der Waals surface area contributed by atoms with Gasteiger partial charge in [0.25, 0.3) is 5.91 Å². The Morgan fingerprint density at radius 1 is 1.00 bits per heavy atom. The standard InChI is InChI=1S/C20H24N2O4S/c1-4-10-22(11-5-2)27(24,25)15-7-9-18-16(13-15)20(23)21-17-12-14(3)6-8-19(17)26-18/h6-9,12-13H,4-5,10-11H2,1-3H3,(H,21,23). The van der Waals surface area contributed by atoms with Crippen molar-refractivity contribution in [2.75, 3.05) is 18.4 Å². The van der Waals surface area contributed by atoms with Crippen LogP contribution in [0.25, 0.3) is 0 Å². The second kappa shape index (κ2) is 7.70. The van der Waals surface area contributed by atoms with Crippen molar-refractivity contribution in [3.63, 3.8) is 0 Å². The molecular weight excluding hydrogens is 364 g/mol. The molecule has 27 heavy (non-hydrogen) atoms. The van der Waals surface area contributed by atoms with Crippen LogP contribution in [0.1, 0.15) is 42.6 Å². The van der Waals surface area contributed by atoms with E-state index in [1.54, 1.807) is 12.1 Å². The van der Waals surface area contributed by atoms with Gasteiger partial charge in [0.2, 0.25) is 10.0 Å². The third kappa shape index (κ3) is 3.84. The van der Waals surface area contributed by atoms with Crippen LogP contribution in [-0.4, -0.2) is 31.7 Å². The lowest BCUT2D eigenvalue weighted by Gasteiger charge is -2.21. The van der Waals surface area contributed by atoms with Crippen molar-refractivity contribution in [2.45, 2.75) is 38.5 Å². The Kier molecular flexibility index (Phi) is 5.53. The van der Waals surface area contributed by atoms with E-state index in [-0.39, 0.29) is 16.4 Å². The van der Waals surface area contributed by atoms with Gasteiger partial charge in [0.15, 0.2) is 5.75 Å². The summed E-state index contributed by atoms with van der Waals surface area (Å²) in [5.41, 5.74) is 1.76. The average Bonchev–Trinajstić information content (AvgIpc) is 2.76. The predicted molar refractivity (Wildman–Crippen MR) is 105 cm³/mol. The molecule has 2 aromatic rings. The molecule has 3 rings (SSSR count). The van der Waals surface area contributed by atoms with Crippen molar-refractivity contribution in [3.8, 4) is 11.5 Å². The van der Waals surface area contributed by atoms with Crippen LogP contribution < -0.4 is 10.1 Å². The van der Waals surface area contributed by atoms with E-state index < -0.39 is 10.0 Å². The average molecular weight is 388 g/mol. The van der Waals surface area contributed by atoms with E-state index in [4.69, 9.17) is 4.74 Å². The summed E-state index contributed by atoms with van der Waals surface area (Å²) >= 11 is 0. The van der Waals surface area contributed by atoms with E-state index in [2.05, 4.69) is 5.32 Å². The van der Waals surface area contributed by atoms with Crippen LogP contribution in [-0.2, 0) is 10.0 Å². The largest absolute Gasteiger partial charge is 0.454 e. The van der Waals surface area contributed by atoms with Crippen molar-refractivity contribution >= 4 is 21.6 Å². The van der Waals surface area contributed by atoms with Crippen LogP contribution in [0.4, 0.5) is 5.69 Å². The summed E-state index contributed by atoms with van der Waals surface area (Å²) in [7, 11) is -3.67. The molecule has 0 fully saturated rings. The fourth-order valence-electron chi connectivity index (χ4n) is 3.07. The van der Waals surface area contributed by atoms with Crippen molar-refractivity contribution in [1.29, 1.82) is 0 Å². The molecule has 1 heterocycles. The van der Waals surface area contributed by atoms with E-state index in [1.165, 1.54) is 16.4 Å². The molecule has 1 N–H and O–H groups in total. The van der Waals surface area contributed by atoms with Gasteiger partial charge in [-0.3, -0.25) is 4.79 Å². The highest BCUT2D eigenvalue weighted by molar-refractivity contribution is 7.89. The van der Waals surface area contributed by atoms with Gasteiger partial charge in [0, 0.05) is 13.1 Å².